The van der Waals surface area contributed by atoms with E-state index in [4.69, 9.17) is 9.84 Å². The molecule has 0 amide bonds. The molecule has 0 aliphatic carbocycles. The summed E-state index contributed by atoms with van der Waals surface area (Å²) in [4.78, 5) is 16.1. The minimum atomic E-state index is -0.824. The molecule has 0 spiro atoms. The number of ether oxygens (including phenoxy) is 1. The molecule has 4 nitrogen and oxygen atoms in total. The fraction of sp³-hybridized carbons (Fsp3) is 0.333. The van der Waals surface area contributed by atoms with Gasteiger partial charge in [-0.05, 0) is 25.0 Å². The van der Waals surface area contributed by atoms with Crippen LogP contribution in [0.5, 0.6) is 5.75 Å². The van der Waals surface area contributed by atoms with Gasteiger partial charge in [-0.3, -0.25) is 4.79 Å². The number of carbonyl (C=O) groups is 1. The fourth-order valence-electron chi connectivity index (χ4n) is 1.91. The second kappa shape index (κ2) is 6.52. The summed E-state index contributed by atoms with van der Waals surface area (Å²) < 4.78 is 5.74. The number of aryl methyl sites for hydroxylation is 2. The Morgan fingerprint density at radius 2 is 2.15 bits per heavy atom. The summed E-state index contributed by atoms with van der Waals surface area (Å²) in [6, 6.07) is 7.80. The molecule has 0 bridgehead atoms. The molecule has 2 rings (SSSR count). The highest BCUT2D eigenvalue weighted by molar-refractivity contribution is 7.11. The highest BCUT2D eigenvalue weighted by atomic mass is 32.1. The first-order valence-corrected chi connectivity index (χ1v) is 7.29. The molecule has 5 heteroatoms. The van der Waals surface area contributed by atoms with E-state index in [0.29, 0.717) is 6.61 Å². The maximum absolute atomic E-state index is 10.8. The predicted molar refractivity (Wildman–Crippen MR) is 78.3 cm³/mol. The van der Waals surface area contributed by atoms with Gasteiger partial charge in [-0.1, -0.05) is 25.1 Å². The molecular weight excluding hydrogens is 274 g/mol. The molecule has 0 atom stereocenters. The first kappa shape index (κ1) is 14.5. The summed E-state index contributed by atoms with van der Waals surface area (Å²) in [6.45, 7) is 4.35. The number of aliphatic carboxylic acids is 1. The van der Waals surface area contributed by atoms with E-state index in [1.54, 1.807) is 0 Å². The van der Waals surface area contributed by atoms with Gasteiger partial charge >= 0.3 is 5.97 Å². The number of para-hydroxylation sites is 1. The van der Waals surface area contributed by atoms with Crippen molar-refractivity contribution in [2.45, 2.75) is 33.3 Å². The molecular formula is C15H17NO3S. The molecule has 0 aliphatic rings. The highest BCUT2D eigenvalue weighted by Gasteiger charge is 2.13. The maximum Gasteiger partial charge on any atom is 0.308 e. The summed E-state index contributed by atoms with van der Waals surface area (Å²) in [6.07, 6.45) is 0.773. The molecule has 1 heterocycles. The van der Waals surface area contributed by atoms with Crippen LogP contribution in [0, 0.1) is 6.92 Å². The lowest BCUT2D eigenvalue weighted by Crippen LogP contribution is -2.00. The zero-order valence-corrected chi connectivity index (χ0v) is 12.4. The molecule has 0 saturated heterocycles. The van der Waals surface area contributed by atoms with E-state index >= 15 is 0 Å². The molecule has 20 heavy (non-hydrogen) atoms. The van der Waals surface area contributed by atoms with Crippen molar-refractivity contribution in [2.75, 3.05) is 0 Å². The topological polar surface area (TPSA) is 59.4 Å². The van der Waals surface area contributed by atoms with Crippen LogP contribution in [0.15, 0.2) is 24.3 Å². The van der Waals surface area contributed by atoms with Crippen LogP contribution in [0.25, 0.3) is 0 Å². The van der Waals surface area contributed by atoms with E-state index in [0.717, 1.165) is 33.3 Å². The van der Waals surface area contributed by atoms with Crippen molar-refractivity contribution < 1.29 is 14.6 Å². The van der Waals surface area contributed by atoms with Crippen molar-refractivity contribution in [1.29, 1.82) is 0 Å². The zero-order chi connectivity index (χ0) is 14.5. The number of nitrogens with zero attached hydrogens (tertiary/aromatic N) is 1. The molecule has 1 aromatic heterocycles. The van der Waals surface area contributed by atoms with Gasteiger partial charge in [0, 0.05) is 4.88 Å². The monoisotopic (exact) mass is 291 g/mol. The second-order valence-electron chi connectivity index (χ2n) is 4.46. The van der Waals surface area contributed by atoms with Crippen LogP contribution in [0.3, 0.4) is 0 Å². The van der Waals surface area contributed by atoms with Crippen LogP contribution >= 0.6 is 11.3 Å². The number of rotatable bonds is 6. The van der Waals surface area contributed by atoms with Gasteiger partial charge in [0.15, 0.2) is 0 Å². The summed E-state index contributed by atoms with van der Waals surface area (Å²) >= 11 is 1.42. The maximum atomic E-state index is 10.8. The van der Waals surface area contributed by atoms with E-state index in [2.05, 4.69) is 4.98 Å². The fourth-order valence-corrected chi connectivity index (χ4v) is 2.97. The highest BCUT2D eigenvalue weighted by Crippen LogP contribution is 2.23. The molecule has 0 radical (unpaired) electrons. The van der Waals surface area contributed by atoms with E-state index in [1.165, 1.54) is 11.3 Å². The van der Waals surface area contributed by atoms with Crippen LogP contribution in [0.1, 0.15) is 28.1 Å². The molecule has 1 N–H and O–H groups in total. The van der Waals surface area contributed by atoms with E-state index < -0.39 is 5.97 Å². The van der Waals surface area contributed by atoms with E-state index in [1.807, 2.05) is 38.1 Å². The third-order valence-corrected chi connectivity index (χ3v) is 3.99. The van der Waals surface area contributed by atoms with Crippen LogP contribution in [-0.4, -0.2) is 16.1 Å². The van der Waals surface area contributed by atoms with Gasteiger partial charge in [0.2, 0.25) is 0 Å². The SMILES string of the molecule is CCc1nc(COc2ccccc2C)sc1CC(=O)O. The van der Waals surface area contributed by atoms with Crippen molar-refractivity contribution in [3.63, 3.8) is 0 Å². The zero-order valence-electron chi connectivity index (χ0n) is 11.5. The summed E-state index contributed by atoms with van der Waals surface area (Å²) in [5.41, 5.74) is 1.94. The van der Waals surface area contributed by atoms with Crippen molar-refractivity contribution in [2.24, 2.45) is 0 Å². The van der Waals surface area contributed by atoms with Crippen molar-refractivity contribution >= 4 is 17.3 Å². The van der Waals surface area contributed by atoms with Crippen LogP contribution in [0.4, 0.5) is 0 Å². The van der Waals surface area contributed by atoms with Gasteiger partial charge in [0.25, 0.3) is 0 Å². The molecule has 0 aliphatic heterocycles. The summed E-state index contributed by atoms with van der Waals surface area (Å²) in [7, 11) is 0. The standard InChI is InChI=1S/C15H17NO3S/c1-3-11-13(8-15(17)18)20-14(16-11)9-19-12-7-5-4-6-10(12)2/h4-7H,3,8-9H2,1-2H3,(H,17,18). The summed E-state index contributed by atoms with van der Waals surface area (Å²) in [5.74, 6) is 0.00950. The predicted octanol–water partition coefficient (Wildman–Crippen LogP) is 3.22. The number of hydrogen-bond acceptors (Lipinski definition) is 4. The van der Waals surface area contributed by atoms with Gasteiger partial charge in [0.1, 0.15) is 17.4 Å². The molecule has 0 saturated carbocycles. The van der Waals surface area contributed by atoms with Gasteiger partial charge in [-0.15, -0.1) is 11.3 Å². The number of carboxylic acids is 1. The van der Waals surface area contributed by atoms with Gasteiger partial charge < -0.3 is 9.84 Å². The average Bonchev–Trinajstić information content (AvgIpc) is 2.79. The van der Waals surface area contributed by atoms with Gasteiger partial charge in [-0.25, -0.2) is 4.98 Å². The third-order valence-electron chi connectivity index (χ3n) is 2.91. The Kier molecular flexibility index (Phi) is 4.74. The minimum absolute atomic E-state index is 0.0329. The molecule has 1 aromatic carbocycles. The van der Waals surface area contributed by atoms with Gasteiger partial charge in [-0.2, -0.15) is 0 Å². The number of benzene rings is 1. The lowest BCUT2D eigenvalue weighted by Gasteiger charge is -2.06. The Morgan fingerprint density at radius 1 is 1.40 bits per heavy atom. The number of thiazole rings is 1. The average molecular weight is 291 g/mol. The largest absolute Gasteiger partial charge is 0.486 e. The van der Waals surface area contributed by atoms with Crippen LogP contribution in [-0.2, 0) is 24.2 Å². The van der Waals surface area contributed by atoms with Crippen LogP contribution < -0.4 is 4.74 Å². The van der Waals surface area contributed by atoms with Crippen molar-refractivity contribution in [1.82, 2.24) is 4.98 Å². The Balaban J connectivity index is 2.08. The number of hydrogen-bond donors (Lipinski definition) is 1. The molecule has 106 valence electrons. The molecule has 2 aromatic rings. The van der Waals surface area contributed by atoms with Crippen molar-refractivity contribution in [3.8, 4) is 5.75 Å². The summed E-state index contributed by atoms with van der Waals surface area (Å²) in [5, 5.41) is 9.71. The lowest BCUT2D eigenvalue weighted by atomic mass is 10.2. The molecule has 0 fully saturated rings. The van der Waals surface area contributed by atoms with Crippen molar-refractivity contribution in [3.05, 3.63) is 45.4 Å². The Bertz CT molecular complexity index is 607. The normalized spacial score (nSPS) is 10.5. The number of carboxylic acid groups (broad SMARTS) is 1. The minimum Gasteiger partial charge on any atom is -0.486 e. The Labute approximate surface area is 122 Å². The smallest absolute Gasteiger partial charge is 0.308 e. The lowest BCUT2D eigenvalue weighted by molar-refractivity contribution is -0.136. The number of aromatic nitrogens is 1. The molecule has 0 unspecified atom stereocenters. The first-order valence-electron chi connectivity index (χ1n) is 6.47. The van der Waals surface area contributed by atoms with E-state index in [9.17, 15) is 4.79 Å². The Hall–Kier alpha value is -1.88. The van der Waals surface area contributed by atoms with Crippen LogP contribution in [0.2, 0.25) is 0 Å². The third kappa shape index (κ3) is 3.57. The Morgan fingerprint density at radius 3 is 2.80 bits per heavy atom. The van der Waals surface area contributed by atoms with E-state index in [-0.39, 0.29) is 6.42 Å². The first-order chi connectivity index (χ1) is 9.60. The van der Waals surface area contributed by atoms with Gasteiger partial charge in [0.05, 0.1) is 12.1 Å². The quantitative estimate of drug-likeness (QED) is 0.887. The second-order valence-corrected chi connectivity index (χ2v) is 5.62.